The lowest BCUT2D eigenvalue weighted by molar-refractivity contribution is 0.0593. The average Bonchev–Trinajstić information content (AvgIpc) is 2.39. The van der Waals surface area contributed by atoms with Crippen LogP contribution < -0.4 is 4.74 Å². The first kappa shape index (κ1) is 14.2. The molecule has 0 unspecified atom stereocenters. The van der Waals surface area contributed by atoms with Crippen molar-refractivity contribution in [1.82, 2.24) is 4.98 Å². The summed E-state index contributed by atoms with van der Waals surface area (Å²) in [5.41, 5.74) is 0.962. The third-order valence-corrected chi connectivity index (χ3v) is 2.81. The van der Waals surface area contributed by atoms with Crippen molar-refractivity contribution >= 4 is 16.9 Å². The van der Waals surface area contributed by atoms with E-state index in [1.54, 1.807) is 13.0 Å². The van der Waals surface area contributed by atoms with Gasteiger partial charge in [-0.2, -0.15) is 0 Å². The zero-order valence-corrected chi connectivity index (χ0v) is 11.9. The number of aromatic nitrogens is 1. The van der Waals surface area contributed by atoms with Gasteiger partial charge in [0, 0.05) is 17.5 Å². The van der Waals surface area contributed by atoms with Crippen molar-refractivity contribution < 1.29 is 18.7 Å². The Hall–Kier alpha value is -2.17. The number of fused-ring (bicyclic) bond motifs is 1. The molecule has 0 spiro atoms. The summed E-state index contributed by atoms with van der Waals surface area (Å²) in [5, 5.41) is 0.672. The molecule has 4 nitrogen and oxygen atoms in total. The van der Waals surface area contributed by atoms with Crippen LogP contribution in [-0.2, 0) is 4.74 Å². The van der Waals surface area contributed by atoms with Crippen LogP contribution in [0.1, 0.15) is 29.9 Å². The van der Waals surface area contributed by atoms with Gasteiger partial charge in [-0.15, -0.1) is 0 Å². The van der Waals surface area contributed by atoms with E-state index >= 15 is 0 Å². The molecule has 0 saturated heterocycles. The number of nitrogens with zero attached hydrogens (tertiary/aromatic N) is 1. The van der Waals surface area contributed by atoms with Gasteiger partial charge < -0.3 is 9.47 Å². The van der Waals surface area contributed by atoms with Gasteiger partial charge in [-0.05, 0) is 32.4 Å². The van der Waals surface area contributed by atoms with E-state index in [-0.39, 0.29) is 17.6 Å². The van der Waals surface area contributed by atoms with E-state index in [9.17, 15) is 9.18 Å². The molecule has 0 amide bonds. The number of aryl methyl sites for hydroxylation is 1. The molecule has 5 heteroatoms. The highest BCUT2D eigenvalue weighted by Crippen LogP contribution is 2.29. The summed E-state index contributed by atoms with van der Waals surface area (Å²) in [6.45, 7) is 5.42. The smallest absolute Gasteiger partial charge is 0.356 e. The second kappa shape index (κ2) is 5.45. The number of carbonyl (C=O) groups excluding carboxylic acids is 1. The van der Waals surface area contributed by atoms with Gasteiger partial charge in [0.25, 0.3) is 0 Å². The van der Waals surface area contributed by atoms with Crippen molar-refractivity contribution in [2.75, 3.05) is 7.11 Å². The maximum absolute atomic E-state index is 13.7. The number of halogens is 1. The molecule has 1 heterocycles. The van der Waals surface area contributed by atoms with Crippen LogP contribution in [0.2, 0.25) is 0 Å². The van der Waals surface area contributed by atoms with Gasteiger partial charge >= 0.3 is 5.97 Å². The molecule has 0 radical (unpaired) electrons. The van der Waals surface area contributed by atoms with Gasteiger partial charge in [-0.3, -0.25) is 0 Å². The maximum atomic E-state index is 13.7. The molecule has 0 aliphatic carbocycles. The Labute approximate surface area is 116 Å². The molecule has 2 aromatic rings. The van der Waals surface area contributed by atoms with Crippen molar-refractivity contribution in [2.45, 2.75) is 26.9 Å². The van der Waals surface area contributed by atoms with Gasteiger partial charge in [0.15, 0.2) is 5.69 Å². The predicted octanol–water partition coefficient (Wildman–Crippen LogP) is 3.26. The van der Waals surface area contributed by atoms with Crippen LogP contribution in [0.4, 0.5) is 4.39 Å². The van der Waals surface area contributed by atoms with Crippen molar-refractivity contribution in [3.8, 4) is 5.75 Å². The van der Waals surface area contributed by atoms with E-state index in [0.717, 1.165) is 0 Å². The van der Waals surface area contributed by atoms with E-state index in [1.807, 2.05) is 13.8 Å². The predicted molar refractivity (Wildman–Crippen MR) is 73.5 cm³/mol. The quantitative estimate of drug-likeness (QED) is 0.808. The molecule has 20 heavy (non-hydrogen) atoms. The van der Waals surface area contributed by atoms with E-state index in [0.29, 0.717) is 22.2 Å². The number of carbonyl (C=O) groups is 1. The van der Waals surface area contributed by atoms with Crippen LogP contribution in [0, 0.1) is 12.7 Å². The minimum atomic E-state index is -0.582. The summed E-state index contributed by atoms with van der Waals surface area (Å²) in [5.74, 6) is -0.461. The van der Waals surface area contributed by atoms with Gasteiger partial charge in [0.05, 0.1) is 18.7 Å². The Kier molecular flexibility index (Phi) is 3.88. The molecule has 1 aromatic carbocycles. The summed E-state index contributed by atoms with van der Waals surface area (Å²) in [6.07, 6.45) is -0.0727. The van der Waals surface area contributed by atoms with Gasteiger partial charge in [0.1, 0.15) is 11.6 Å². The summed E-state index contributed by atoms with van der Waals surface area (Å²) in [7, 11) is 1.27. The number of hydrogen-bond donors (Lipinski definition) is 0. The minimum Gasteiger partial charge on any atom is -0.490 e. The lowest BCUT2D eigenvalue weighted by atomic mass is 10.1. The summed E-state index contributed by atoms with van der Waals surface area (Å²) >= 11 is 0. The van der Waals surface area contributed by atoms with E-state index in [4.69, 9.17) is 4.74 Å². The van der Waals surface area contributed by atoms with Gasteiger partial charge in [-0.25, -0.2) is 14.2 Å². The second-order valence-electron chi connectivity index (χ2n) is 4.78. The highest BCUT2D eigenvalue weighted by molar-refractivity contribution is 5.94. The number of methoxy groups -OCH3 is 1. The third kappa shape index (κ3) is 2.71. The zero-order chi connectivity index (χ0) is 14.9. The lowest BCUT2D eigenvalue weighted by Gasteiger charge is -2.14. The van der Waals surface area contributed by atoms with Crippen LogP contribution in [0.25, 0.3) is 10.9 Å². The summed E-state index contributed by atoms with van der Waals surface area (Å²) in [4.78, 5) is 15.7. The van der Waals surface area contributed by atoms with Crippen LogP contribution in [0.3, 0.4) is 0 Å². The number of rotatable bonds is 3. The first-order valence-electron chi connectivity index (χ1n) is 6.28. The highest BCUT2D eigenvalue weighted by Gasteiger charge is 2.15. The number of hydrogen-bond acceptors (Lipinski definition) is 4. The fraction of sp³-hybridized carbons (Fsp3) is 0.333. The molecular formula is C15H16FNO3. The first-order chi connectivity index (χ1) is 9.42. The van der Waals surface area contributed by atoms with Crippen molar-refractivity contribution in [1.29, 1.82) is 0 Å². The Morgan fingerprint density at radius 2 is 2.00 bits per heavy atom. The molecular weight excluding hydrogens is 261 g/mol. The Morgan fingerprint density at radius 1 is 1.30 bits per heavy atom. The molecule has 0 aliphatic heterocycles. The Bertz CT molecular complexity index is 668. The highest BCUT2D eigenvalue weighted by atomic mass is 19.1. The topological polar surface area (TPSA) is 48.4 Å². The van der Waals surface area contributed by atoms with E-state index in [1.165, 1.54) is 19.2 Å². The van der Waals surface area contributed by atoms with Crippen LogP contribution in [-0.4, -0.2) is 24.2 Å². The maximum Gasteiger partial charge on any atom is 0.356 e. The monoisotopic (exact) mass is 277 g/mol. The number of benzene rings is 1. The fourth-order valence-electron chi connectivity index (χ4n) is 1.89. The van der Waals surface area contributed by atoms with Gasteiger partial charge in [0.2, 0.25) is 0 Å². The molecule has 106 valence electrons. The zero-order valence-electron chi connectivity index (χ0n) is 11.9. The molecule has 2 rings (SSSR count). The van der Waals surface area contributed by atoms with Crippen molar-refractivity contribution in [2.24, 2.45) is 0 Å². The van der Waals surface area contributed by atoms with E-state index < -0.39 is 5.97 Å². The summed E-state index contributed by atoms with van der Waals surface area (Å²) < 4.78 is 24.0. The second-order valence-corrected chi connectivity index (χ2v) is 4.78. The standard InChI is InChI=1S/C15H16FNO3/c1-8(2)20-14-7-13(15(18)19-4)17-12-6-11(16)9(3)5-10(12)14/h5-8H,1-4H3. The average molecular weight is 277 g/mol. The number of esters is 1. The van der Waals surface area contributed by atoms with Crippen LogP contribution in [0.5, 0.6) is 5.75 Å². The molecule has 0 fully saturated rings. The molecule has 0 bridgehead atoms. The first-order valence-corrected chi connectivity index (χ1v) is 6.28. The normalized spacial score (nSPS) is 10.9. The Morgan fingerprint density at radius 3 is 2.60 bits per heavy atom. The van der Waals surface area contributed by atoms with Gasteiger partial charge in [-0.1, -0.05) is 0 Å². The molecule has 0 saturated carbocycles. The van der Waals surface area contributed by atoms with E-state index in [2.05, 4.69) is 9.72 Å². The number of ether oxygens (including phenoxy) is 2. The Balaban J connectivity index is 2.70. The summed E-state index contributed by atoms with van der Waals surface area (Å²) in [6, 6.07) is 4.48. The number of pyridine rings is 1. The molecule has 1 aromatic heterocycles. The lowest BCUT2D eigenvalue weighted by Crippen LogP contribution is -2.10. The molecule has 0 aliphatic rings. The minimum absolute atomic E-state index is 0.0727. The van der Waals surface area contributed by atoms with Crippen molar-refractivity contribution in [3.63, 3.8) is 0 Å². The largest absolute Gasteiger partial charge is 0.490 e. The fourth-order valence-corrected chi connectivity index (χ4v) is 1.89. The molecule has 0 atom stereocenters. The SMILES string of the molecule is COC(=O)c1cc(OC(C)C)c2cc(C)c(F)cc2n1. The van der Waals surface area contributed by atoms with Crippen molar-refractivity contribution in [3.05, 3.63) is 35.3 Å². The molecule has 0 N–H and O–H groups in total. The third-order valence-electron chi connectivity index (χ3n) is 2.81. The van der Waals surface area contributed by atoms with Crippen LogP contribution >= 0.6 is 0 Å². The van der Waals surface area contributed by atoms with Crippen LogP contribution in [0.15, 0.2) is 18.2 Å².